The molecular formula is C19H28N2O3. The second-order valence-corrected chi connectivity index (χ2v) is 7.50. The molecule has 0 spiro atoms. The highest BCUT2D eigenvalue weighted by molar-refractivity contribution is 5.93. The van der Waals surface area contributed by atoms with Crippen molar-refractivity contribution >= 4 is 17.7 Å². The van der Waals surface area contributed by atoms with Gasteiger partial charge >= 0.3 is 6.09 Å². The average molecular weight is 332 g/mol. The van der Waals surface area contributed by atoms with Gasteiger partial charge in [0.25, 0.3) is 0 Å². The van der Waals surface area contributed by atoms with Crippen LogP contribution < -0.4 is 5.32 Å². The van der Waals surface area contributed by atoms with Gasteiger partial charge in [0.05, 0.1) is 5.92 Å². The first kappa shape index (κ1) is 18.3. The molecule has 5 nitrogen and oxygen atoms in total. The highest BCUT2D eigenvalue weighted by Gasteiger charge is 2.31. The van der Waals surface area contributed by atoms with E-state index in [1.165, 1.54) is 0 Å². The van der Waals surface area contributed by atoms with Gasteiger partial charge in [0, 0.05) is 18.8 Å². The van der Waals surface area contributed by atoms with Crippen molar-refractivity contribution in [2.45, 2.75) is 53.1 Å². The fourth-order valence-corrected chi connectivity index (χ4v) is 2.80. The van der Waals surface area contributed by atoms with Gasteiger partial charge in [-0.2, -0.15) is 0 Å². The minimum Gasteiger partial charge on any atom is -0.444 e. The Bertz CT molecular complexity index is 620. The minimum atomic E-state index is -0.523. The van der Waals surface area contributed by atoms with Crippen molar-refractivity contribution in [2.75, 3.05) is 18.4 Å². The van der Waals surface area contributed by atoms with Crippen molar-refractivity contribution < 1.29 is 14.3 Å². The van der Waals surface area contributed by atoms with Gasteiger partial charge in [-0.3, -0.25) is 4.79 Å². The molecule has 24 heavy (non-hydrogen) atoms. The zero-order chi connectivity index (χ0) is 17.9. The summed E-state index contributed by atoms with van der Waals surface area (Å²) < 4.78 is 5.41. The van der Waals surface area contributed by atoms with E-state index in [9.17, 15) is 9.59 Å². The van der Waals surface area contributed by atoms with Gasteiger partial charge in [-0.25, -0.2) is 4.79 Å². The van der Waals surface area contributed by atoms with Crippen molar-refractivity contribution in [1.29, 1.82) is 0 Å². The maximum absolute atomic E-state index is 12.6. The zero-order valence-corrected chi connectivity index (χ0v) is 15.3. The summed E-state index contributed by atoms with van der Waals surface area (Å²) >= 11 is 0. The van der Waals surface area contributed by atoms with Gasteiger partial charge < -0.3 is 15.0 Å². The van der Waals surface area contributed by atoms with E-state index in [1.54, 1.807) is 4.90 Å². The third-order valence-corrected chi connectivity index (χ3v) is 4.31. The molecule has 0 bridgehead atoms. The van der Waals surface area contributed by atoms with Crippen molar-refractivity contribution in [3.63, 3.8) is 0 Å². The van der Waals surface area contributed by atoms with Crippen LogP contribution in [0.2, 0.25) is 0 Å². The van der Waals surface area contributed by atoms with Gasteiger partial charge in [-0.15, -0.1) is 0 Å². The van der Waals surface area contributed by atoms with E-state index in [0.717, 1.165) is 29.7 Å². The van der Waals surface area contributed by atoms with Gasteiger partial charge in [-0.05, 0) is 64.7 Å². The number of likely N-dealkylation sites (tertiary alicyclic amines) is 1. The summed E-state index contributed by atoms with van der Waals surface area (Å²) in [6, 6.07) is 5.87. The predicted molar refractivity (Wildman–Crippen MR) is 95.1 cm³/mol. The van der Waals surface area contributed by atoms with Gasteiger partial charge in [0.1, 0.15) is 5.60 Å². The van der Waals surface area contributed by atoms with E-state index < -0.39 is 5.60 Å². The molecule has 0 aliphatic carbocycles. The van der Waals surface area contributed by atoms with Crippen LogP contribution in [0.5, 0.6) is 0 Å². The van der Waals surface area contributed by atoms with Crippen molar-refractivity contribution in [1.82, 2.24) is 4.90 Å². The van der Waals surface area contributed by atoms with E-state index in [-0.39, 0.29) is 17.9 Å². The zero-order valence-electron chi connectivity index (χ0n) is 15.3. The van der Waals surface area contributed by atoms with Crippen LogP contribution in [0, 0.1) is 19.8 Å². The maximum atomic E-state index is 12.6. The van der Waals surface area contributed by atoms with Crippen LogP contribution in [-0.2, 0) is 9.53 Å². The Kier molecular flexibility index (Phi) is 5.52. The second kappa shape index (κ2) is 7.24. The summed E-state index contributed by atoms with van der Waals surface area (Å²) in [5.74, 6) is -0.233. The summed E-state index contributed by atoms with van der Waals surface area (Å²) in [6.07, 6.45) is 1.26. The molecule has 0 saturated carbocycles. The van der Waals surface area contributed by atoms with Crippen molar-refractivity contribution in [2.24, 2.45) is 5.92 Å². The number of hydrogen-bond acceptors (Lipinski definition) is 3. The van der Waals surface area contributed by atoms with Crippen LogP contribution in [0.1, 0.15) is 44.7 Å². The van der Waals surface area contributed by atoms with E-state index in [4.69, 9.17) is 4.74 Å². The molecule has 0 aromatic heterocycles. The largest absolute Gasteiger partial charge is 0.444 e. The Labute approximate surface area is 144 Å². The number of piperidine rings is 1. The molecule has 1 N–H and O–H groups in total. The Morgan fingerprint density at radius 1 is 1.25 bits per heavy atom. The van der Waals surface area contributed by atoms with Gasteiger partial charge in [-0.1, -0.05) is 12.1 Å². The molecule has 1 unspecified atom stereocenters. The number of carbonyl (C=O) groups is 2. The number of hydrogen-bond donors (Lipinski definition) is 1. The number of carbonyl (C=O) groups excluding carboxylic acids is 2. The summed E-state index contributed by atoms with van der Waals surface area (Å²) in [4.78, 5) is 26.4. The molecule has 1 aliphatic heterocycles. The number of nitrogens with one attached hydrogen (secondary N) is 1. The highest BCUT2D eigenvalue weighted by atomic mass is 16.6. The van der Waals surface area contributed by atoms with Crippen LogP contribution in [0.15, 0.2) is 18.2 Å². The number of benzene rings is 1. The fourth-order valence-electron chi connectivity index (χ4n) is 2.80. The number of nitrogens with zero attached hydrogens (tertiary/aromatic N) is 1. The number of amides is 2. The van der Waals surface area contributed by atoms with Crippen LogP contribution >= 0.6 is 0 Å². The number of rotatable bonds is 2. The van der Waals surface area contributed by atoms with Gasteiger partial charge in [0.2, 0.25) is 5.91 Å². The topological polar surface area (TPSA) is 58.6 Å². The minimum absolute atomic E-state index is 0.0306. The Hall–Kier alpha value is -2.04. The molecule has 1 fully saturated rings. The molecular weight excluding hydrogens is 304 g/mol. The smallest absolute Gasteiger partial charge is 0.410 e. The third-order valence-electron chi connectivity index (χ3n) is 4.31. The van der Waals surface area contributed by atoms with Crippen molar-refractivity contribution in [3.8, 4) is 0 Å². The monoisotopic (exact) mass is 332 g/mol. The lowest BCUT2D eigenvalue weighted by Gasteiger charge is -2.33. The number of anilines is 1. The predicted octanol–water partition coefficient (Wildman–Crippen LogP) is 3.89. The summed E-state index contributed by atoms with van der Waals surface area (Å²) in [5, 5.41) is 3.01. The SMILES string of the molecule is Cc1cccc(NC(=O)C2CCCN(C(=O)OC(C)(C)C)C2)c1C. The average Bonchev–Trinajstić information content (AvgIpc) is 2.50. The number of aryl methyl sites for hydroxylation is 1. The standard InChI is InChI=1S/C19H28N2O3/c1-13-8-6-10-16(14(13)2)20-17(22)15-9-7-11-21(12-15)18(23)24-19(3,4)5/h6,8,10,15H,7,9,11-12H2,1-5H3,(H,20,22). The molecule has 0 radical (unpaired) electrons. The third kappa shape index (κ3) is 4.73. The second-order valence-electron chi connectivity index (χ2n) is 7.50. The first-order chi connectivity index (χ1) is 11.2. The first-order valence-corrected chi connectivity index (χ1v) is 8.52. The van der Waals surface area contributed by atoms with E-state index in [2.05, 4.69) is 5.32 Å². The molecule has 1 saturated heterocycles. The Morgan fingerprint density at radius 3 is 2.62 bits per heavy atom. The lowest BCUT2D eigenvalue weighted by atomic mass is 9.97. The Morgan fingerprint density at radius 2 is 1.96 bits per heavy atom. The summed E-state index contributed by atoms with van der Waals surface area (Å²) in [7, 11) is 0. The maximum Gasteiger partial charge on any atom is 0.410 e. The van der Waals surface area contributed by atoms with Crippen LogP contribution in [-0.4, -0.2) is 35.6 Å². The molecule has 2 rings (SSSR count). The fraction of sp³-hybridized carbons (Fsp3) is 0.579. The van der Waals surface area contributed by atoms with E-state index in [0.29, 0.717) is 13.1 Å². The van der Waals surface area contributed by atoms with Crippen LogP contribution in [0.4, 0.5) is 10.5 Å². The van der Waals surface area contributed by atoms with E-state index >= 15 is 0 Å². The molecule has 1 aromatic carbocycles. The summed E-state index contributed by atoms with van der Waals surface area (Å²) in [5.41, 5.74) is 2.54. The molecule has 2 amide bonds. The normalized spacial score (nSPS) is 18.2. The molecule has 1 aromatic rings. The molecule has 5 heteroatoms. The van der Waals surface area contributed by atoms with E-state index in [1.807, 2.05) is 52.8 Å². The lowest BCUT2D eigenvalue weighted by Crippen LogP contribution is -2.45. The molecule has 1 heterocycles. The summed E-state index contributed by atoms with van der Waals surface area (Å²) in [6.45, 7) is 10.6. The molecule has 132 valence electrons. The van der Waals surface area contributed by atoms with Gasteiger partial charge in [0.15, 0.2) is 0 Å². The highest BCUT2D eigenvalue weighted by Crippen LogP contribution is 2.23. The lowest BCUT2D eigenvalue weighted by molar-refractivity contribution is -0.121. The molecule has 1 atom stereocenters. The Balaban J connectivity index is 2.00. The first-order valence-electron chi connectivity index (χ1n) is 8.52. The van der Waals surface area contributed by atoms with Crippen molar-refractivity contribution in [3.05, 3.63) is 29.3 Å². The van der Waals surface area contributed by atoms with Crippen LogP contribution in [0.3, 0.4) is 0 Å². The number of ether oxygens (including phenoxy) is 1. The molecule has 1 aliphatic rings. The quantitative estimate of drug-likeness (QED) is 0.894. The van der Waals surface area contributed by atoms with Crippen LogP contribution in [0.25, 0.3) is 0 Å².